The van der Waals surface area contributed by atoms with E-state index in [1.165, 1.54) is 0 Å². The number of carbonyl (C=O) groups is 1. The predicted octanol–water partition coefficient (Wildman–Crippen LogP) is 3.04. The summed E-state index contributed by atoms with van der Waals surface area (Å²) in [5, 5.41) is 2.85. The Kier molecular flexibility index (Phi) is 6.85. The van der Waals surface area contributed by atoms with Crippen molar-refractivity contribution < 1.29 is 17.9 Å². The van der Waals surface area contributed by atoms with E-state index in [1.54, 1.807) is 24.3 Å². The summed E-state index contributed by atoms with van der Waals surface area (Å²) >= 11 is 0. The van der Waals surface area contributed by atoms with Crippen LogP contribution in [0.5, 0.6) is 5.75 Å². The molecule has 0 bridgehead atoms. The molecular formula is C20H26N2O4S. The maximum atomic E-state index is 12.5. The lowest BCUT2D eigenvalue weighted by atomic mass is 10.1. The minimum atomic E-state index is -3.61. The number of aryl methyl sites for hydroxylation is 1. The van der Waals surface area contributed by atoms with Crippen LogP contribution >= 0.6 is 0 Å². The molecule has 0 aliphatic carbocycles. The molecule has 0 saturated carbocycles. The van der Waals surface area contributed by atoms with Crippen molar-refractivity contribution in [1.29, 1.82) is 0 Å². The molecule has 1 amide bonds. The fourth-order valence-electron chi connectivity index (χ4n) is 2.63. The lowest BCUT2D eigenvalue weighted by molar-refractivity contribution is -0.120. The molecule has 0 aliphatic heterocycles. The maximum absolute atomic E-state index is 12.5. The summed E-state index contributed by atoms with van der Waals surface area (Å²) in [5.41, 5.74) is 2.51. The highest BCUT2D eigenvalue weighted by Crippen LogP contribution is 2.22. The van der Waals surface area contributed by atoms with Gasteiger partial charge in [0, 0.05) is 0 Å². The summed E-state index contributed by atoms with van der Waals surface area (Å²) in [6, 6.07) is 14.2. The van der Waals surface area contributed by atoms with Crippen LogP contribution in [0.15, 0.2) is 48.5 Å². The Bertz CT molecular complexity index is 862. The molecule has 27 heavy (non-hydrogen) atoms. The zero-order valence-electron chi connectivity index (χ0n) is 16.1. The first-order valence-corrected chi connectivity index (χ1v) is 10.6. The lowest BCUT2D eigenvalue weighted by Gasteiger charge is -2.23. The van der Waals surface area contributed by atoms with Gasteiger partial charge in [0.05, 0.1) is 24.6 Å². The van der Waals surface area contributed by atoms with Gasteiger partial charge in [0.15, 0.2) is 0 Å². The number of rotatable bonds is 8. The number of nitrogens with one attached hydrogen (secondary N) is 1. The van der Waals surface area contributed by atoms with Gasteiger partial charge >= 0.3 is 0 Å². The van der Waals surface area contributed by atoms with Crippen LogP contribution in [0.3, 0.4) is 0 Å². The predicted molar refractivity (Wildman–Crippen MR) is 108 cm³/mol. The summed E-state index contributed by atoms with van der Waals surface area (Å²) in [4.78, 5) is 12.5. The lowest BCUT2D eigenvalue weighted by Crippen LogP contribution is -2.41. The Hall–Kier alpha value is -2.54. The molecule has 0 fully saturated rings. The molecule has 0 heterocycles. The Morgan fingerprint density at radius 3 is 2.22 bits per heavy atom. The van der Waals surface area contributed by atoms with Crippen molar-refractivity contribution in [2.24, 2.45) is 0 Å². The first kappa shape index (κ1) is 20.8. The fraction of sp³-hybridized carbons (Fsp3) is 0.350. The van der Waals surface area contributed by atoms with Crippen molar-refractivity contribution in [2.45, 2.75) is 26.8 Å². The third-order valence-electron chi connectivity index (χ3n) is 4.08. The zero-order valence-corrected chi connectivity index (χ0v) is 16.9. The summed E-state index contributed by atoms with van der Waals surface area (Å²) in [5.74, 6) is 0.273. The first-order chi connectivity index (χ1) is 12.7. The van der Waals surface area contributed by atoms with Crippen molar-refractivity contribution in [3.8, 4) is 5.75 Å². The second-order valence-corrected chi connectivity index (χ2v) is 8.30. The third-order valence-corrected chi connectivity index (χ3v) is 5.22. The van der Waals surface area contributed by atoms with Crippen molar-refractivity contribution in [2.75, 3.05) is 23.7 Å². The largest absolute Gasteiger partial charge is 0.494 e. The van der Waals surface area contributed by atoms with E-state index in [4.69, 9.17) is 4.74 Å². The van der Waals surface area contributed by atoms with Crippen LogP contribution in [-0.4, -0.2) is 33.7 Å². The number of ether oxygens (including phenoxy) is 1. The van der Waals surface area contributed by atoms with Gasteiger partial charge in [0.2, 0.25) is 15.9 Å². The molecule has 1 atom stereocenters. The van der Waals surface area contributed by atoms with E-state index in [0.29, 0.717) is 18.0 Å². The van der Waals surface area contributed by atoms with E-state index < -0.39 is 10.0 Å². The monoisotopic (exact) mass is 390 g/mol. The van der Waals surface area contributed by atoms with Gasteiger partial charge in [-0.15, -0.1) is 0 Å². The molecule has 1 N–H and O–H groups in total. The van der Waals surface area contributed by atoms with Crippen molar-refractivity contribution in [1.82, 2.24) is 5.32 Å². The summed E-state index contributed by atoms with van der Waals surface area (Å²) in [6.07, 6.45) is 1.08. The smallest absolute Gasteiger partial charge is 0.241 e. The quantitative estimate of drug-likeness (QED) is 0.752. The van der Waals surface area contributed by atoms with Crippen LogP contribution in [0.2, 0.25) is 0 Å². The highest BCUT2D eigenvalue weighted by Gasteiger charge is 2.22. The average molecular weight is 391 g/mol. The van der Waals surface area contributed by atoms with Crippen LogP contribution in [-0.2, 0) is 14.8 Å². The molecule has 0 aliphatic rings. The number of hydrogen-bond donors (Lipinski definition) is 1. The molecule has 2 aromatic rings. The number of nitrogens with zero attached hydrogens (tertiary/aromatic N) is 1. The van der Waals surface area contributed by atoms with E-state index in [0.717, 1.165) is 21.7 Å². The molecule has 0 aromatic heterocycles. The number of carbonyl (C=O) groups excluding carboxylic acids is 1. The van der Waals surface area contributed by atoms with Gasteiger partial charge < -0.3 is 10.1 Å². The van der Waals surface area contributed by atoms with Gasteiger partial charge in [0.1, 0.15) is 12.3 Å². The second-order valence-electron chi connectivity index (χ2n) is 6.40. The molecule has 2 aromatic carbocycles. The van der Waals surface area contributed by atoms with Gasteiger partial charge in [-0.05, 0) is 50.6 Å². The minimum Gasteiger partial charge on any atom is -0.494 e. The van der Waals surface area contributed by atoms with Gasteiger partial charge in [-0.3, -0.25) is 9.10 Å². The molecular weight excluding hydrogens is 364 g/mol. The van der Waals surface area contributed by atoms with Crippen molar-refractivity contribution in [3.05, 3.63) is 59.7 Å². The topological polar surface area (TPSA) is 75.7 Å². The van der Waals surface area contributed by atoms with Crippen molar-refractivity contribution in [3.63, 3.8) is 0 Å². The number of amides is 1. The number of benzene rings is 2. The average Bonchev–Trinajstić information content (AvgIpc) is 2.60. The van der Waals surface area contributed by atoms with Gasteiger partial charge in [-0.25, -0.2) is 8.42 Å². The summed E-state index contributed by atoms with van der Waals surface area (Å²) in [6.45, 7) is 5.96. The fourth-order valence-corrected chi connectivity index (χ4v) is 3.49. The molecule has 6 nitrogen and oxygen atoms in total. The van der Waals surface area contributed by atoms with Gasteiger partial charge in [-0.1, -0.05) is 29.8 Å². The number of hydrogen-bond acceptors (Lipinski definition) is 4. The highest BCUT2D eigenvalue weighted by atomic mass is 32.2. The maximum Gasteiger partial charge on any atom is 0.241 e. The van der Waals surface area contributed by atoms with Crippen LogP contribution in [0.4, 0.5) is 5.69 Å². The SMILES string of the molecule is CCOc1ccc(N(CC(=O)N[C@@H](C)c2ccc(C)cc2)S(C)(=O)=O)cc1. The van der Waals surface area contributed by atoms with Gasteiger partial charge in [0.25, 0.3) is 0 Å². The molecule has 146 valence electrons. The Balaban J connectivity index is 2.11. The van der Waals surface area contributed by atoms with E-state index in [-0.39, 0.29) is 18.5 Å². The molecule has 0 unspecified atom stereocenters. The standard InChI is InChI=1S/C20H26N2O4S/c1-5-26-19-12-10-18(11-13-19)22(27(4,24)25)14-20(23)21-16(3)17-8-6-15(2)7-9-17/h6-13,16H,5,14H2,1-4H3,(H,21,23)/t16-/m0/s1. The number of sulfonamides is 1. The van der Waals surface area contributed by atoms with E-state index in [1.807, 2.05) is 45.0 Å². The van der Waals surface area contributed by atoms with E-state index in [9.17, 15) is 13.2 Å². The normalized spacial score (nSPS) is 12.3. The molecule has 2 rings (SSSR count). The highest BCUT2D eigenvalue weighted by molar-refractivity contribution is 7.92. The van der Waals surface area contributed by atoms with Crippen LogP contribution in [0.1, 0.15) is 31.0 Å². The molecule has 0 radical (unpaired) electrons. The minimum absolute atomic E-state index is 0.222. The van der Waals surface area contributed by atoms with E-state index >= 15 is 0 Å². The second kappa shape index (κ2) is 8.90. The van der Waals surface area contributed by atoms with Crippen LogP contribution in [0.25, 0.3) is 0 Å². The summed E-state index contributed by atoms with van der Waals surface area (Å²) < 4.78 is 30.8. The van der Waals surface area contributed by atoms with Crippen LogP contribution in [0, 0.1) is 6.92 Å². The molecule has 7 heteroatoms. The zero-order chi connectivity index (χ0) is 20.0. The Labute approximate surface area is 161 Å². The Morgan fingerprint density at radius 1 is 1.11 bits per heavy atom. The summed E-state index contributed by atoms with van der Waals surface area (Å²) in [7, 11) is -3.61. The van der Waals surface area contributed by atoms with Crippen LogP contribution < -0.4 is 14.4 Å². The number of anilines is 1. The first-order valence-electron chi connectivity index (χ1n) is 8.77. The Morgan fingerprint density at radius 2 is 1.70 bits per heavy atom. The molecule has 0 spiro atoms. The van der Waals surface area contributed by atoms with Gasteiger partial charge in [-0.2, -0.15) is 0 Å². The van der Waals surface area contributed by atoms with Crippen molar-refractivity contribution >= 4 is 21.6 Å². The third kappa shape index (κ3) is 5.99. The molecule has 0 saturated heterocycles. The van der Waals surface area contributed by atoms with E-state index in [2.05, 4.69) is 5.32 Å².